The van der Waals surface area contributed by atoms with Crippen molar-refractivity contribution in [1.29, 1.82) is 0 Å². The lowest BCUT2D eigenvalue weighted by atomic mass is 9.64. The molecule has 4 fully saturated rings. The predicted octanol–water partition coefficient (Wildman–Crippen LogP) is 8.97. The number of nitrogens with zero attached hydrogens (tertiary/aromatic N) is 1. The molecule has 0 heterocycles. The summed E-state index contributed by atoms with van der Waals surface area (Å²) in [4.78, 5) is 2.80. The van der Waals surface area contributed by atoms with Crippen LogP contribution >= 0.6 is 0 Å². The van der Waals surface area contributed by atoms with Crippen LogP contribution in [0.3, 0.4) is 0 Å². The minimum Gasteiger partial charge on any atom is -0.338 e. The monoisotopic (exact) mass is 441 g/mol. The highest BCUT2D eigenvalue weighted by molar-refractivity contribution is 5.69. The third kappa shape index (κ3) is 2.66. The van der Waals surface area contributed by atoms with Gasteiger partial charge in [0.05, 0.1) is 0 Å². The molecule has 0 aromatic heterocycles. The summed E-state index contributed by atoms with van der Waals surface area (Å²) in [7, 11) is 0. The first-order chi connectivity index (χ1) is 15.6. The van der Waals surface area contributed by atoms with E-state index in [9.17, 15) is 0 Å². The number of hydrogen-bond donors (Lipinski definition) is 0. The smallest absolute Gasteiger partial charge is 0.0449 e. The van der Waals surface area contributed by atoms with Gasteiger partial charge >= 0.3 is 0 Å². The van der Waals surface area contributed by atoms with Crippen LogP contribution in [0.1, 0.15) is 91.5 Å². The van der Waals surface area contributed by atoms with Crippen LogP contribution < -0.4 is 4.90 Å². The number of anilines is 2. The van der Waals surface area contributed by atoms with Crippen molar-refractivity contribution in [3.8, 4) is 0 Å². The van der Waals surface area contributed by atoms with E-state index in [0.717, 1.165) is 11.8 Å². The van der Waals surface area contributed by atoms with Crippen LogP contribution in [0.5, 0.6) is 0 Å². The molecule has 1 heteroatoms. The lowest BCUT2D eigenvalue weighted by Crippen LogP contribution is -2.45. The minimum absolute atomic E-state index is 0.346. The number of hydrogen-bond acceptors (Lipinski definition) is 1. The second kappa shape index (κ2) is 6.89. The summed E-state index contributed by atoms with van der Waals surface area (Å²) in [5.41, 5.74) is 6.07. The van der Waals surface area contributed by atoms with Crippen LogP contribution in [0.25, 0.3) is 0 Å². The van der Waals surface area contributed by atoms with Gasteiger partial charge in [0, 0.05) is 17.4 Å². The normalized spacial score (nSPS) is 39.8. The molecule has 2 aromatic carbocycles. The molecule has 0 aliphatic heterocycles. The Balaban J connectivity index is 1.50. The average Bonchev–Trinajstić information content (AvgIpc) is 3.32. The maximum Gasteiger partial charge on any atom is 0.0449 e. The van der Waals surface area contributed by atoms with Crippen LogP contribution in [-0.4, -0.2) is 6.04 Å². The van der Waals surface area contributed by atoms with Gasteiger partial charge in [0.15, 0.2) is 0 Å². The molecule has 0 spiro atoms. The van der Waals surface area contributed by atoms with E-state index in [4.69, 9.17) is 0 Å². The van der Waals surface area contributed by atoms with Crippen molar-refractivity contribution in [3.63, 3.8) is 0 Å². The van der Waals surface area contributed by atoms with Gasteiger partial charge in [-0.15, -0.1) is 0 Å². The largest absolute Gasteiger partial charge is 0.338 e. The fourth-order valence-corrected chi connectivity index (χ4v) is 9.30. The SMILES string of the molecule is CC1(C)C2CCC1(C)C(c1ccccc1N(c1ccccc1)C1CC3CCC1(C)C3(C)C)C2. The first-order valence-electron chi connectivity index (χ1n) is 13.5. The van der Waals surface area contributed by atoms with E-state index in [2.05, 4.69) is 101 Å². The zero-order valence-electron chi connectivity index (χ0n) is 21.7. The Morgan fingerprint density at radius 3 is 1.79 bits per heavy atom. The van der Waals surface area contributed by atoms with Gasteiger partial charge in [-0.1, -0.05) is 77.9 Å². The van der Waals surface area contributed by atoms with Crippen molar-refractivity contribution in [3.05, 3.63) is 60.2 Å². The minimum atomic E-state index is 0.346. The summed E-state index contributed by atoms with van der Waals surface area (Å²) in [5.74, 6) is 2.36. The molecule has 6 rings (SSSR count). The number of benzene rings is 2. The van der Waals surface area contributed by atoms with E-state index >= 15 is 0 Å². The molecule has 4 aliphatic rings. The molecule has 0 amide bonds. The summed E-state index contributed by atoms with van der Waals surface area (Å²) in [6, 6.07) is 21.4. The van der Waals surface area contributed by atoms with Gasteiger partial charge in [-0.25, -0.2) is 0 Å². The Kier molecular flexibility index (Phi) is 4.54. The first-order valence-corrected chi connectivity index (χ1v) is 13.5. The molecule has 4 saturated carbocycles. The number of fused-ring (bicyclic) bond motifs is 4. The topological polar surface area (TPSA) is 3.24 Å². The summed E-state index contributed by atoms with van der Waals surface area (Å²) < 4.78 is 0. The Labute approximate surface area is 202 Å². The van der Waals surface area contributed by atoms with Crippen molar-refractivity contribution >= 4 is 11.4 Å². The molecule has 6 unspecified atom stereocenters. The maximum absolute atomic E-state index is 2.80. The lowest BCUT2D eigenvalue weighted by molar-refractivity contribution is 0.132. The molecule has 1 nitrogen and oxygen atoms in total. The summed E-state index contributed by atoms with van der Waals surface area (Å²) in [6.45, 7) is 15.4. The summed E-state index contributed by atoms with van der Waals surface area (Å²) in [6.07, 6.45) is 8.24. The lowest BCUT2D eigenvalue weighted by Gasteiger charge is -2.47. The molecule has 0 saturated heterocycles. The number of rotatable bonds is 4. The second-order valence-corrected chi connectivity index (χ2v) is 13.6. The highest BCUT2D eigenvalue weighted by Gasteiger charge is 2.64. The molecule has 0 radical (unpaired) electrons. The van der Waals surface area contributed by atoms with Gasteiger partial charge in [-0.05, 0) is 102 Å². The predicted molar refractivity (Wildman–Crippen MR) is 140 cm³/mol. The Hall–Kier alpha value is -1.76. The fourth-order valence-electron chi connectivity index (χ4n) is 9.30. The van der Waals surface area contributed by atoms with Crippen molar-refractivity contribution in [2.45, 2.75) is 92.0 Å². The van der Waals surface area contributed by atoms with Crippen molar-refractivity contribution in [2.24, 2.45) is 33.5 Å². The molecule has 4 bridgehead atoms. The van der Waals surface area contributed by atoms with Gasteiger partial charge in [-0.3, -0.25) is 0 Å². The van der Waals surface area contributed by atoms with Gasteiger partial charge in [0.1, 0.15) is 0 Å². The third-order valence-corrected chi connectivity index (χ3v) is 12.5. The maximum atomic E-state index is 2.80. The van der Waals surface area contributed by atoms with Gasteiger partial charge in [-0.2, -0.15) is 0 Å². The fraction of sp³-hybridized carbons (Fsp3) is 0.625. The molecule has 176 valence electrons. The molecule has 4 aliphatic carbocycles. The first kappa shape index (κ1) is 21.8. The van der Waals surface area contributed by atoms with Crippen LogP contribution in [0.4, 0.5) is 11.4 Å². The molecule has 6 atom stereocenters. The third-order valence-electron chi connectivity index (χ3n) is 12.5. The quantitative estimate of drug-likeness (QED) is 0.457. The highest BCUT2D eigenvalue weighted by atomic mass is 15.2. The summed E-state index contributed by atoms with van der Waals surface area (Å²) >= 11 is 0. The van der Waals surface area contributed by atoms with Gasteiger partial charge in [0.25, 0.3) is 0 Å². The Morgan fingerprint density at radius 2 is 1.24 bits per heavy atom. The van der Waals surface area contributed by atoms with Crippen LogP contribution in [0.15, 0.2) is 54.6 Å². The number of para-hydroxylation sites is 2. The van der Waals surface area contributed by atoms with E-state index in [1.807, 2.05) is 0 Å². The Bertz CT molecular complexity index is 1050. The molecule has 2 aromatic rings. The zero-order chi connectivity index (χ0) is 23.2. The summed E-state index contributed by atoms with van der Waals surface area (Å²) in [5, 5.41) is 0. The molecule has 0 N–H and O–H groups in total. The van der Waals surface area contributed by atoms with Crippen LogP contribution in [0.2, 0.25) is 0 Å². The van der Waals surface area contributed by atoms with E-state index in [-0.39, 0.29) is 0 Å². The van der Waals surface area contributed by atoms with E-state index in [0.29, 0.717) is 33.6 Å². The van der Waals surface area contributed by atoms with Gasteiger partial charge in [0.2, 0.25) is 0 Å². The van der Waals surface area contributed by atoms with Crippen molar-refractivity contribution in [1.82, 2.24) is 0 Å². The van der Waals surface area contributed by atoms with E-state index in [1.54, 1.807) is 5.56 Å². The average molecular weight is 442 g/mol. The molecular weight excluding hydrogens is 398 g/mol. The van der Waals surface area contributed by atoms with E-state index in [1.165, 1.54) is 49.9 Å². The van der Waals surface area contributed by atoms with Crippen LogP contribution in [0, 0.1) is 33.5 Å². The van der Waals surface area contributed by atoms with Crippen LogP contribution in [-0.2, 0) is 0 Å². The van der Waals surface area contributed by atoms with Gasteiger partial charge < -0.3 is 4.90 Å². The van der Waals surface area contributed by atoms with Crippen molar-refractivity contribution < 1.29 is 0 Å². The molecular formula is C32H43N. The second-order valence-electron chi connectivity index (χ2n) is 13.6. The van der Waals surface area contributed by atoms with Crippen molar-refractivity contribution in [2.75, 3.05) is 4.90 Å². The van der Waals surface area contributed by atoms with E-state index < -0.39 is 0 Å². The molecule has 33 heavy (non-hydrogen) atoms. The standard InChI is InChI=1S/C32H43N/c1-29(2)22-16-18-31(29,5)26(20-22)25-14-10-11-15-27(25)33(24-12-8-7-9-13-24)28-21-23-17-19-32(28,6)30(23,3)4/h7-15,22-23,26,28H,16-21H2,1-6H3. The zero-order valence-corrected chi connectivity index (χ0v) is 21.7. The Morgan fingerprint density at radius 1 is 0.667 bits per heavy atom. The highest BCUT2D eigenvalue weighted by Crippen LogP contribution is 2.72.